The lowest BCUT2D eigenvalue weighted by Crippen LogP contribution is -2.13. The Morgan fingerprint density at radius 1 is 1.46 bits per heavy atom. The number of nitrogens with zero attached hydrogens (tertiary/aromatic N) is 3. The highest BCUT2D eigenvalue weighted by Crippen LogP contribution is 2.31. The molecule has 0 saturated carbocycles. The molecule has 2 N–H and O–H groups in total. The number of nitriles is 1. The molecule has 8 heteroatoms. The summed E-state index contributed by atoms with van der Waals surface area (Å²) in [7, 11) is 0. The molecule has 0 radical (unpaired) electrons. The average Bonchev–Trinajstić information content (AvgIpc) is 3.03. The third-order valence-electron chi connectivity index (χ3n) is 2.98. The van der Waals surface area contributed by atoms with Crippen molar-refractivity contribution in [2.24, 2.45) is 0 Å². The summed E-state index contributed by atoms with van der Waals surface area (Å²) in [5.74, 6) is -0.442. The second-order valence-electron chi connectivity index (χ2n) is 4.61. The van der Waals surface area contributed by atoms with Gasteiger partial charge in [0.1, 0.15) is 16.6 Å². The molecule has 0 fully saturated rings. The van der Waals surface area contributed by atoms with Gasteiger partial charge in [0.25, 0.3) is 5.91 Å². The molecule has 0 spiro atoms. The average molecular weight is 344 g/mol. The largest absolute Gasteiger partial charge is 0.504 e. The topological polar surface area (TPSA) is 108 Å². The Balaban J connectivity index is 2.24. The third-order valence-corrected chi connectivity index (χ3v) is 3.97. The van der Waals surface area contributed by atoms with Gasteiger partial charge in [0.05, 0.1) is 6.61 Å². The number of hydrogen-bond acceptors (Lipinski definition) is 7. The van der Waals surface area contributed by atoms with Crippen LogP contribution in [0.25, 0.3) is 6.08 Å². The SMILES string of the molecule is CCOc1cccc(/C=C(/C#N)C(=O)Nc2nnc(CC)s2)c1O. The van der Waals surface area contributed by atoms with Crippen LogP contribution in [0.5, 0.6) is 11.5 Å². The van der Waals surface area contributed by atoms with Crippen LogP contribution in [0.3, 0.4) is 0 Å². The molecule has 1 heterocycles. The summed E-state index contributed by atoms with van der Waals surface area (Å²) in [5, 5.41) is 30.7. The summed E-state index contributed by atoms with van der Waals surface area (Å²) < 4.78 is 5.28. The number of carbonyl (C=O) groups is 1. The number of aromatic hydroxyl groups is 1. The maximum Gasteiger partial charge on any atom is 0.268 e. The van der Waals surface area contributed by atoms with Gasteiger partial charge in [-0.1, -0.05) is 30.4 Å². The number of nitrogens with one attached hydrogen (secondary N) is 1. The van der Waals surface area contributed by atoms with Crippen molar-refractivity contribution in [2.45, 2.75) is 20.3 Å². The van der Waals surface area contributed by atoms with Gasteiger partial charge in [0, 0.05) is 5.56 Å². The molecule has 24 heavy (non-hydrogen) atoms. The fourth-order valence-corrected chi connectivity index (χ4v) is 2.52. The van der Waals surface area contributed by atoms with Crippen molar-refractivity contribution in [3.63, 3.8) is 0 Å². The number of hydrogen-bond donors (Lipinski definition) is 2. The van der Waals surface area contributed by atoms with Gasteiger partial charge in [-0.2, -0.15) is 5.26 Å². The van der Waals surface area contributed by atoms with E-state index in [4.69, 9.17) is 4.74 Å². The highest BCUT2D eigenvalue weighted by molar-refractivity contribution is 7.15. The van der Waals surface area contributed by atoms with Gasteiger partial charge in [0.15, 0.2) is 11.5 Å². The van der Waals surface area contributed by atoms with Crippen molar-refractivity contribution in [1.82, 2.24) is 10.2 Å². The zero-order chi connectivity index (χ0) is 17.5. The van der Waals surface area contributed by atoms with Crippen LogP contribution in [-0.2, 0) is 11.2 Å². The molecule has 0 unspecified atom stereocenters. The number of aryl methyl sites for hydroxylation is 1. The highest BCUT2D eigenvalue weighted by Gasteiger charge is 2.14. The van der Waals surface area contributed by atoms with Crippen molar-refractivity contribution in [3.05, 3.63) is 34.3 Å². The summed E-state index contributed by atoms with van der Waals surface area (Å²) in [4.78, 5) is 12.2. The molecule has 1 amide bonds. The molecule has 2 aromatic rings. The van der Waals surface area contributed by atoms with Gasteiger partial charge in [-0.05, 0) is 25.5 Å². The van der Waals surface area contributed by atoms with Crippen LogP contribution in [0, 0.1) is 11.3 Å². The summed E-state index contributed by atoms with van der Waals surface area (Å²) >= 11 is 1.25. The zero-order valence-electron chi connectivity index (χ0n) is 13.2. The van der Waals surface area contributed by atoms with Gasteiger partial charge in [-0.25, -0.2) is 0 Å². The van der Waals surface area contributed by atoms with Gasteiger partial charge < -0.3 is 9.84 Å². The number of anilines is 1. The fourth-order valence-electron chi connectivity index (χ4n) is 1.84. The van der Waals surface area contributed by atoms with Crippen molar-refractivity contribution >= 4 is 28.5 Å². The lowest BCUT2D eigenvalue weighted by Gasteiger charge is -2.08. The maximum atomic E-state index is 12.2. The van der Waals surface area contributed by atoms with Crippen LogP contribution in [0.4, 0.5) is 5.13 Å². The number of rotatable bonds is 6. The molecule has 7 nitrogen and oxygen atoms in total. The van der Waals surface area contributed by atoms with E-state index >= 15 is 0 Å². The van der Waals surface area contributed by atoms with Crippen molar-refractivity contribution in [1.29, 1.82) is 5.26 Å². The Morgan fingerprint density at radius 3 is 2.88 bits per heavy atom. The number of ether oxygens (including phenoxy) is 1. The van der Waals surface area contributed by atoms with Gasteiger partial charge >= 0.3 is 0 Å². The summed E-state index contributed by atoms with van der Waals surface area (Å²) in [6.07, 6.45) is 2.02. The first-order valence-electron chi connectivity index (χ1n) is 7.29. The van der Waals surface area contributed by atoms with Gasteiger partial charge in [-0.3, -0.25) is 10.1 Å². The van der Waals surface area contributed by atoms with Crippen molar-refractivity contribution in [3.8, 4) is 17.6 Å². The summed E-state index contributed by atoms with van der Waals surface area (Å²) in [6, 6.07) is 6.68. The van der Waals surface area contributed by atoms with Crippen LogP contribution in [0.1, 0.15) is 24.4 Å². The Kier molecular flexibility index (Phi) is 5.87. The zero-order valence-corrected chi connectivity index (χ0v) is 14.1. The van der Waals surface area contributed by atoms with Crippen molar-refractivity contribution in [2.75, 3.05) is 11.9 Å². The molecule has 2 rings (SSSR count). The molecular formula is C16H16N4O3S. The lowest BCUT2D eigenvalue weighted by atomic mass is 10.1. The molecule has 0 aliphatic heterocycles. The van der Waals surface area contributed by atoms with Gasteiger partial charge in [0.2, 0.25) is 5.13 Å². The number of amides is 1. The molecule has 1 aromatic carbocycles. The summed E-state index contributed by atoms with van der Waals surface area (Å²) in [6.45, 7) is 4.12. The van der Waals surface area contributed by atoms with E-state index in [1.54, 1.807) is 25.1 Å². The van der Waals surface area contributed by atoms with Crippen LogP contribution in [-0.4, -0.2) is 27.8 Å². The minimum absolute atomic E-state index is 0.121. The minimum atomic E-state index is -0.613. The maximum absolute atomic E-state index is 12.2. The molecule has 1 aromatic heterocycles. The minimum Gasteiger partial charge on any atom is -0.504 e. The van der Waals surface area contributed by atoms with E-state index in [-0.39, 0.29) is 11.3 Å². The fraction of sp³-hybridized carbons (Fsp3) is 0.250. The number of phenolic OH excluding ortho intramolecular Hbond substituents is 1. The standard InChI is InChI=1S/C16H16N4O3S/c1-3-13-19-20-16(24-13)18-15(22)11(9-17)8-10-6-5-7-12(14(10)21)23-4-2/h5-8,21H,3-4H2,1-2H3,(H,18,20,22)/b11-8-. The highest BCUT2D eigenvalue weighted by atomic mass is 32.1. The molecule has 0 aliphatic rings. The number of aromatic nitrogens is 2. The number of para-hydroxylation sites is 1. The molecule has 124 valence electrons. The molecule has 0 atom stereocenters. The van der Waals surface area contributed by atoms with E-state index in [1.165, 1.54) is 17.4 Å². The Hall–Kier alpha value is -2.92. The normalized spacial score (nSPS) is 11.0. The Morgan fingerprint density at radius 2 is 2.25 bits per heavy atom. The third kappa shape index (κ3) is 4.08. The van der Waals surface area contributed by atoms with E-state index in [0.29, 0.717) is 29.5 Å². The first-order valence-corrected chi connectivity index (χ1v) is 8.11. The molecular weight excluding hydrogens is 328 g/mol. The monoisotopic (exact) mass is 344 g/mol. The molecule has 0 bridgehead atoms. The van der Waals surface area contributed by atoms with Crippen LogP contribution in [0.15, 0.2) is 23.8 Å². The van der Waals surface area contributed by atoms with Gasteiger partial charge in [-0.15, -0.1) is 10.2 Å². The lowest BCUT2D eigenvalue weighted by molar-refractivity contribution is -0.112. The summed E-state index contributed by atoms with van der Waals surface area (Å²) in [5.41, 5.74) is 0.159. The van der Waals surface area contributed by atoms with E-state index in [2.05, 4.69) is 15.5 Å². The van der Waals surface area contributed by atoms with E-state index in [9.17, 15) is 15.2 Å². The number of carbonyl (C=O) groups excluding carboxylic acids is 1. The Bertz CT molecular complexity index is 808. The van der Waals surface area contributed by atoms with E-state index in [1.807, 2.05) is 13.0 Å². The number of benzene rings is 1. The quantitative estimate of drug-likeness (QED) is 0.616. The Labute approximate surface area is 143 Å². The van der Waals surface area contributed by atoms with E-state index in [0.717, 1.165) is 5.01 Å². The predicted molar refractivity (Wildman–Crippen MR) is 90.8 cm³/mol. The molecule has 0 saturated heterocycles. The van der Waals surface area contributed by atoms with Crippen molar-refractivity contribution < 1.29 is 14.6 Å². The smallest absolute Gasteiger partial charge is 0.268 e. The van der Waals surface area contributed by atoms with Crippen LogP contribution < -0.4 is 10.1 Å². The number of phenols is 1. The second kappa shape index (κ2) is 8.08. The second-order valence-corrected chi connectivity index (χ2v) is 5.67. The first-order chi connectivity index (χ1) is 11.6. The van der Waals surface area contributed by atoms with Crippen LogP contribution in [0.2, 0.25) is 0 Å². The predicted octanol–water partition coefficient (Wildman–Crippen LogP) is 2.75. The van der Waals surface area contributed by atoms with Crippen LogP contribution >= 0.6 is 11.3 Å². The first kappa shape index (κ1) is 17.4. The van der Waals surface area contributed by atoms with E-state index < -0.39 is 5.91 Å². The molecule has 0 aliphatic carbocycles.